The summed E-state index contributed by atoms with van der Waals surface area (Å²) >= 11 is 0. The van der Waals surface area contributed by atoms with Crippen LogP contribution in [0.1, 0.15) is 16.7 Å². The Hall–Kier alpha value is -1.02. The summed E-state index contributed by atoms with van der Waals surface area (Å²) in [6, 6.07) is 4.11. The highest BCUT2D eigenvalue weighted by atomic mass is 14.9. The molecule has 64 valence electrons. The molecular weight excluding hydrogens is 148 g/mol. The molecular formula is C10H14N2. The van der Waals surface area contributed by atoms with Crippen LogP contribution in [0.4, 0.5) is 5.69 Å². The third-order valence-electron chi connectivity index (χ3n) is 2.56. The summed E-state index contributed by atoms with van der Waals surface area (Å²) in [6.45, 7) is 4.17. The highest BCUT2D eigenvalue weighted by molar-refractivity contribution is 5.54. The lowest BCUT2D eigenvalue weighted by molar-refractivity contribution is 0.643. The van der Waals surface area contributed by atoms with Gasteiger partial charge in [-0.05, 0) is 42.6 Å². The molecule has 0 amide bonds. The molecule has 1 heterocycles. The van der Waals surface area contributed by atoms with Crippen LogP contribution in [0.25, 0.3) is 0 Å². The van der Waals surface area contributed by atoms with Crippen molar-refractivity contribution in [1.29, 1.82) is 0 Å². The number of rotatable bonds is 0. The Labute approximate surface area is 72.8 Å². The number of nitrogens with two attached hydrogens (primary N) is 1. The van der Waals surface area contributed by atoms with Crippen molar-refractivity contribution in [2.75, 3.05) is 12.3 Å². The Kier molecular flexibility index (Phi) is 1.77. The lowest BCUT2D eigenvalue weighted by Crippen LogP contribution is -2.25. The molecule has 0 atom stereocenters. The number of nitrogens with one attached hydrogen (secondary N) is 1. The number of hydrogen-bond donors (Lipinski definition) is 2. The van der Waals surface area contributed by atoms with Crippen molar-refractivity contribution >= 4 is 5.69 Å². The van der Waals surface area contributed by atoms with E-state index in [0.29, 0.717) is 0 Å². The van der Waals surface area contributed by atoms with E-state index < -0.39 is 0 Å². The quantitative estimate of drug-likeness (QED) is 0.563. The molecule has 12 heavy (non-hydrogen) atoms. The van der Waals surface area contributed by atoms with Gasteiger partial charge in [-0.25, -0.2) is 0 Å². The van der Waals surface area contributed by atoms with E-state index in [0.717, 1.165) is 25.2 Å². The molecule has 0 saturated carbocycles. The van der Waals surface area contributed by atoms with Crippen LogP contribution in [0, 0.1) is 6.92 Å². The highest BCUT2D eigenvalue weighted by Crippen LogP contribution is 2.23. The summed E-state index contributed by atoms with van der Waals surface area (Å²) in [5.41, 5.74) is 10.9. The van der Waals surface area contributed by atoms with Crippen LogP contribution >= 0.6 is 0 Å². The second-order valence-corrected chi connectivity index (χ2v) is 3.36. The summed E-state index contributed by atoms with van der Waals surface area (Å²) in [4.78, 5) is 0. The number of aryl methyl sites for hydroxylation is 1. The first-order valence-electron chi connectivity index (χ1n) is 4.36. The summed E-state index contributed by atoms with van der Waals surface area (Å²) in [6.07, 6.45) is 1.12. The number of hydrogen-bond acceptors (Lipinski definition) is 2. The van der Waals surface area contributed by atoms with Gasteiger partial charge >= 0.3 is 0 Å². The third-order valence-corrected chi connectivity index (χ3v) is 2.56. The lowest BCUT2D eigenvalue weighted by Gasteiger charge is -2.20. The van der Waals surface area contributed by atoms with Gasteiger partial charge in [-0.2, -0.15) is 0 Å². The maximum absolute atomic E-state index is 5.87. The fourth-order valence-corrected chi connectivity index (χ4v) is 1.81. The molecule has 0 aromatic heterocycles. The average molecular weight is 162 g/mol. The van der Waals surface area contributed by atoms with E-state index in [-0.39, 0.29) is 0 Å². The van der Waals surface area contributed by atoms with Crippen molar-refractivity contribution in [2.24, 2.45) is 0 Å². The summed E-state index contributed by atoms with van der Waals surface area (Å²) in [5.74, 6) is 0. The summed E-state index contributed by atoms with van der Waals surface area (Å²) in [7, 11) is 0. The first-order valence-corrected chi connectivity index (χ1v) is 4.36. The first-order chi connectivity index (χ1) is 5.79. The standard InChI is InChI=1S/C10H14N2/c1-7-2-3-10(11)9-6-12-5-4-8(7)9/h2-3,12H,4-6,11H2,1H3. The van der Waals surface area contributed by atoms with E-state index in [9.17, 15) is 0 Å². The van der Waals surface area contributed by atoms with Gasteiger partial charge in [0.2, 0.25) is 0 Å². The molecule has 1 aromatic carbocycles. The fraction of sp³-hybridized carbons (Fsp3) is 0.400. The van der Waals surface area contributed by atoms with Crippen molar-refractivity contribution < 1.29 is 0 Å². The fourth-order valence-electron chi connectivity index (χ4n) is 1.81. The molecule has 0 unspecified atom stereocenters. The van der Waals surface area contributed by atoms with Crippen molar-refractivity contribution in [3.63, 3.8) is 0 Å². The lowest BCUT2D eigenvalue weighted by atomic mass is 9.95. The van der Waals surface area contributed by atoms with E-state index in [1.807, 2.05) is 6.07 Å². The molecule has 0 bridgehead atoms. The largest absolute Gasteiger partial charge is 0.398 e. The van der Waals surface area contributed by atoms with Crippen molar-refractivity contribution in [1.82, 2.24) is 5.32 Å². The second kappa shape index (κ2) is 2.79. The minimum Gasteiger partial charge on any atom is -0.398 e. The van der Waals surface area contributed by atoms with Gasteiger partial charge in [-0.1, -0.05) is 6.07 Å². The maximum atomic E-state index is 5.87. The zero-order valence-corrected chi connectivity index (χ0v) is 7.35. The Morgan fingerprint density at radius 2 is 2.17 bits per heavy atom. The summed E-state index contributed by atoms with van der Waals surface area (Å²) in [5, 5.41) is 3.33. The van der Waals surface area contributed by atoms with Crippen LogP contribution in [0.2, 0.25) is 0 Å². The van der Waals surface area contributed by atoms with Crippen LogP contribution in [0.15, 0.2) is 12.1 Å². The Morgan fingerprint density at radius 3 is 2.92 bits per heavy atom. The van der Waals surface area contributed by atoms with Crippen LogP contribution in [0.3, 0.4) is 0 Å². The zero-order chi connectivity index (χ0) is 8.55. The van der Waals surface area contributed by atoms with Gasteiger partial charge < -0.3 is 11.1 Å². The Morgan fingerprint density at radius 1 is 1.33 bits per heavy atom. The number of anilines is 1. The molecule has 1 aliphatic heterocycles. The average Bonchev–Trinajstić information content (AvgIpc) is 2.12. The Bertz CT molecular complexity index is 274. The molecule has 1 aromatic rings. The van der Waals surface area contributed by atoms with E-state index >= 15 is 0 Å². The first kappa shape index (κ1) is 7.62. The number of fused-ring (bicyclic) bond motifs is 1. The molecule has 1 aliphatic rings. The molecule has 0 saturated heterocycles. The van der Waals surface area contributed by atoms with Crippen molar-refractivity contribution in [3.05, 3.63) is 28.8 Å². The third kappa shape index (κ3) is 1.08. The zero-order valence-electron chi connectivity index (χ0n) is 7.35. The molecule has 0 fully saturated rings. The van der Waals surface area contributed by atoms with Crippen LogP contribution in [0.5, 0.6) is 0 Å². The molecule has 2 heteroatoms. The molecule has 2 rings (SSSR count). The minimum absolute atomic E-state index is 0.933. The van der Waals surface area contributed by atoms with Gasteiger partial charge in [0.1, 0.15) is 0 Å². The van der Waals surface area contributed by atoms with Gasteiger partial charge in [0.05, 0.1) is 0 Å². The van der Waals surface area contributed by atoms with E-state index in [1.165, 1.54) is 16.7 Å². The van der Waals surface area contributed by atoms with Crippen molar-refractivity contribution in [2.45, 2.75) is 19.9 Å². The van der Waals surface area contributed by atoms with Crippen molar-refractivity contribution in [3.8, 4) is 0 Å². The van der Waals surface area contributed by atoms with Gasteiger partial charge in [0.25, 0.3) is 0 Å². The minimum atomic E-state index is 0.933. The molecule has 3 N–H and O–H groups in total. The van der Waals surface area contributed by atoms with Crippen LogP contribution in [-0.2, 0) is 13.0 Å². The normalized spacial score (nSPS) is 15.8. The van der Waals surface area contributed by atoms with Gasteiger partial charge in [0, 0.05) is 12.2 Å². The predicted octanol–water partition coefficient (Wildman–Crippen LogP) is 1.22. The second-order valence-electron chi connectivity index (χ2n) is 3.36. The predicted molar refractivity (Wildman–Crippen MR) is 51.0 cm³/mol. The Balaban J connectivity index is 2.57. The maximum Gasteiger partial charge on any atom is 0.0362 e. The molecule has 2 nitrogen and oxygen atoms in total. The molecule has 0 aliphatic carbocycles. The number of nitrogen functional groups attached to an aromatic ring is 1. The van der Waals surface area contributed by atoms with E-state index in [4.69, 9.17) is 5.73 Å². The SMILES string of the molecule is Cc1ccc(N)c2c1CCNC2. The summed E-state index contributed by atoms with van der Waals surface area (Å²) < 4.78 is 0. The van der Waals surface area contributed by atoms with Gasteiger partial charge in [-0.15, -0.1) is 0 Å². The number of benzene rings is 1. The van der Waals surface area contributed by atoms with Gasteiger partial charge in [-0.3, -0.25) is 0 Å². The van der Waals surface area contributed by atoms with Gasteiger partial charge in [0.15, 0.2) is 0 Å². The highest BCUT2D eigenvalue weighted by Gasteiger charge is 2.12. The topological polar surface area (TPSA) is 38.0 Å². The molecule has 0 spiro atoms. The molecule has 0 radical (unpaired) electrons. The van der Waals surface area contributed by atoms with E-state index in [1.54, 1.807) is 0 Å². The van der Waals surface area contributed by atoms with Crippen LogP contribution < -0.4 is 11.1 Å². The smallest absolute Gasteiger partial charge is 0.0362 e. The van der Waals surface area contributed by atoms with E-state index in [2.05, 4.69) is 18.3 Å². The monoisotopic (exact) mass is 162 g/mol. The van der Waals surface area contributed by atoms with Crippen LogP contribution in [-0.4, -0.2) is 6.54 Å².